The molecule has 22 heavy (non-hydrogen) atoms. The first-order valence-electron chi connectivity index (χ1n) is 6.48. The maximum absolute atomic E-state index is 12.0. The summed E-state index contributed by atoms with van der Waals surface area (Å²) in [5.41, 5.74) is 1.05. The van der Waals surface area contributed by atoms with Crippen molar-refractivity contribution < 1.29 is 14.3 Å². The van der Waals surface area contributed by atoms with Crippen LogP contribution in [0, 0.1) is 6.92 Å². The molecule has 0 saturated carbocycles. The summed E-state index contributed by atoms with van der Waals surface area (Å²) < 4.78 is 5.36. The second-order valence-corrected chi connectivity index (χ2v) is 7.69. The molecule has 0 bridgehead atoms. The predicted molar refractivity (Wildman–Crippen MR) is 88.9 cm³/mol. The Balaban J connectivity index is 1.99. The number of ether oxygens (including phenoxy) is 1. The van der Waals surface area contributed by atoms with Crippen LogP contribution < -0.4 is 5.32 Å². The number of thioether (sulfide) groups is 1. The summed E-state index contributed by atoms with van der Waals surface area (Å²) >= 11 is 3.91. The zero-order valence-corrected chi connectivity index (χ0v) is 14.7. The predicted octanol–water partition coefficient (Wildman–Crippen LogP) is 3.20. The number of anilines is 1. The van der Waals surface area contributed by atoms with Gasteiger partial charge >= 0.3 is 5.97 Å². The number of carbonyl (C=O) groups excluding carboxylic acids is 2. The second kappa shape index (κ2) is 7.70. The van der Waals surface area contributed by atoms with E-state index in [1.165, 1.54) is 41.5 Å². The minimum absolute atomic E-state index is 0.203. The van der Waals surface area contributed by atoms with Crippen LogP contribution in [0.2, 0.25) is 0 Å². The number of nitrogens with zero attached hydrogens (tertiary/aromatic N) is 2. The lowest BCUT2D eigenvalue weighted by molar-refractivity contribution is -0.140. The number of carbonyl (C=O) groups is 2. The third-order valence-corrected chi connectivity index (χ3v) is 5.97. The lowest BCUT2D eigenvalue weighted by Crippen LogP contribution is -2.17. The molecule has 1 amide bonds. The summed E-state index contributed by atoms with van der Waals surface area (Å²) in [7, 11) is 1.36. The Bertz CT molecular complexity index is 668. The van der Waals surface area contributed by atoms with Crippen LogP contribution >= 0.6 is 34.4 Å². The number of aromatic nitrogens is 2. The molecule has 0 saturated heterocycles. The number of methoxy groups -OCH3 is 1. The van der Waals surface area contributed by atoms with E-state index in [2.05, 4.69) is 15.5 Å². The molecule has 0 radical (unpaired) electrons. The highest BCUT2D eigenvalue weighted by Gasteiger charge is 2.21. The van der Waals surface area contributed by atoms with Gasteiger partial charge < -0.3 is 4.74 Å². The molecule has 0 aliphatic heterocycles. The van der Waals surface area contributed by atoms with Gasteiger partial charge in [-0.15, -0.1) is 21.5 Å². The summed E-state index contributed by atoms with van der Waals surface area (Å²) in [6, 6.07) is 1.82. The topological polar surface area (TPSA) is 81.2 Å². The van der Waals surface area contributed by atoms with E-state index in [1.54, 1.807) is 0 Å². The monoisotopic (exact) mass is 357 g/mol. The van der Waals surface area contributed by atoms with Crippen molar-refractivity contribution in [2.75, 3.05) is 12.4 Å². The number of nitrogens with one attached hydrogen (secondary N) is 1. The van der Waals surface area contributed by atoms with Gasteiger partial charge in [0.2, 0.25) is 5.13 Å². The highest BCUT2D eigenvalue weighted by molar-refractivity contribution is 8.02. The van der Waals surface area contributed by atoms with E-state index in [0.29, 0.717) is 20.8 Å². The summed E-state index contributed by atoms with van der Waals surface area (Å²) in [5, 5.41) is 12.6. The molecular weight excluding hydrogens is 342 g/mol. The highest BCUT2D eigenvalue weighted by atomic mass is 32.2. The first-order chi connectivity index (χ1) is 10.5. The Hall–Kier alpha value is -1.45. The van der Waals surface area contributed by atoms with Crippen LogP contribution in [-0.2, 0) is 9.53 Å². The molecule has 0 unspecified atom stereocenters. The van der Waals surface area contributed by atoms with Crippen molar-refractivity contribution in [3.63, 3.8) is 0 Å². The van der Waals surface area contributed by atoms with E-state index in [4.69, 9.17) is 4.74 Å². The van der Waals surface area contributed by atoms with E-state index < -0.39 is 0 Å². The van der Waals surface area contributed by atoms with Gasteiger partial charge in [0.25, 0.3) is 5.91 Å². The molecule has 2 aromatic rings. The maximum atomic E-state index is 12.0. The van der Waals surface area contributed by atoms with Crippen LogP contribution in [0.3, 0.4) is 0 Å². The fraction of sp³-hybridized carbons (Fsp3) is 0.385. The van der Waals surface area contributed by atoms with E-state index in [-0.39, 0.29) is 17.1 Å². The average Bonchev–Trinajstić information content (AvgIpc) is 3.13. The summed E-state index contributed by atoms with van der Waals surface area (Å²) in [5.74, 6) is -0.492. The van der Waals surface area contributed by atoms with Crippen LogP contribution in [0.5, 0.6) is 0 Å². The smallest absolute Gasteiger partial charge is 0.319 e. The van der Waals surface area contributed by atoms with Crippen LogP contribution in [0.1, 0.15) is 28.6 Å². The fourth-order valence-corrected chi connectivity index (χ4v) is 4.30. The number of amides is 1. The third-order valence-electron chi connectivity index (χ3n) is 2.66. The van der Waals surface area contributed by atoms with Crippen molar-refractivity contribution in [3.8, 4) is 0 Å². The number of esters is 1. The van der Waals surface area contributed by atoms with Gasteiger partial charge in [-0.2, -0.15) is 0 Å². The largest absolute Gasteiger partial charge is 0.468 e. The summed E-state index contributed by atoms with van der Waals surface area (Å²) in [6.07, 6.45) is 0.632. The van der Waals surface area contributed by atoms with Gasteiger partial charge in [-0.25, -0.2) is 0 Å². The maximum Gasteiger partial charge on any atom is 0.319 e. The summed E-state index contributed by atoms with van der Waals surface area (Å²) in [6.45, 7) is 3.84. The zero-order valence-electron chi connectivity index (χ0n) is 12.3. The highest BCUT2D eigenvalue weighted by Crippen LogP contribution is 2.31. The van der Waals surface area contributed by atoms with Crippen molar-refractivity contribution in [3.05, 3.63) is 21.9 Å². The zero-order chi connectivity index (χ0) is 16.1. The molecule has 2 heterocycles. The van der Waals surface area contributed by atoms with Crippen LogP contribution in [-0.4, -0.2) is 34.4 Å². The minimum Gasteiger partial charge on any atom is -0.468 e. The molecule has 1 atom stereocenters. The molecule has 118 valence electrons. The number of hydrogen-bond acceptors (Lipinski definition) is 8. The molecule has 0 aliphatic carbocycles. The first-order valence-corrected chi connectivity index (χ1v) is 9.05. The van der Waals surface area contributed by atoms with Gasteiger partial charge in [0.15, 0.2) is 4.34 Å². The van der Waals surface area contributed by atoms with Gasteiger partial charge in [0.1, 0.15) is 5.25 Å². The van der Waals surface area contributed by atoms with E-state index in [0.717, 1.165) is 5.56 Å². The van der Waals surface area contributed by atoms with Crippen molar-refractivity contribution in [2.24, 2.45) is 0 Å². The molecular formula is C13H15N3O3S3. The molecule has 9 heteroatoms. The van der Waals surface area contributed by atoms with Crippen LogP contribution in [0.15, 0.2) is 15.8 Å². The number of thiophene rings is 1. The summed E-state index contributed by atoms with van der Waals surface area (Å²) in [4.78, 5) is 24.2. The number of hydrogen-bond donors (Lipinski definition) is 1. The van der Waals surface area contributed by atoms with Gasteiger partial charge in [-0.3, -0.25) is 14.9 Å². The Morgan fingerprint density at radius 3 is 2.82 bits per heavy atom. The normalized spacial score (nSPS) is 12.0. The van der Waals surface area contributed by atoms with Gasteiger partial charge in [0.05, 0.1) is 12.0 Å². The Morgan fingerprint density at radius 2 is 2.23 bits per heavy atom. The Kier molecular flexibility index (Phi) is 5.92. The molecule has 2 aromatic heterocycles. The molecule has 0 aliphatic rings. The van der Waals surface area contributed by atoms with E-state index >= 15 is 0 Å². The Morgan fingerprint density at radius 1 is 1.45 bits per heavy atom. The van der Waals surface area contributed by atoms with E-state index in [9.17, 15) is 9.59 Å². The molecule has 1 N–H and O–H groups in total. The Labute approximate surface area is 140 Å². The fourth-order valence-electron chi connectivity index (χ4n) is 1.57. The SMILES string of the molecule is CC[C@H](Sc1nnc(NC(=O)c2cc(C)cs2)s1)C(=O)OC. The van der Waals surface area contributed by atoms with Crippen LogP contribution in [0.4, 0.5) is 5.13 Å². The van der Waals surface area contributed by atoms with Crippen molar-refractivity contribution in [1.82, 2.24) is 10.2 Å². The molecule has 6 nitrogen and oxygen atoms in total. The lowest BCUT2D eigenvalue weighted by atomic mass is 10.3. The van der Waals surface area contributed by atoms with Gasteiger partial charge in [-0.1, -0.05) is 30.0 Å². The molecule has 0 spiro atoms. The van der Waals surface area contributed by atoms with Crippen LogP contribution in [0.25, 0.3) is 0 Å². The number of rotatable bonds is 6. The molecule has 0 aromatic carbocycles. The quantitative estimate of drug-likeness (QED) is 0.486. The van der Waals surface area contributed by atoms with Crippen molar-refractivity contribution in [1.29, 1.82) is 0 Å². The van der Waals surface area contributed by atoms with Crippen molar-refractivity contribution >= 4 is 51.4 Å². The molecule has 2 rings (SSSR count). The van der Waals surface area contributed by atoms with Gasteiger partial charge in [-0.05, 0) is 30.4 Å². The second-order valence-electron chi connectivity index (χ2n) is 4.35. The lowest BCUT2D eigenvalue weighted by Gasteiger charge is -2.08. The minimum atomic E-state index is -0.318. The average molecular weight is 357 g/mol. The number of aryl methyl sites for hydroxylation is 1. The third kappa shape index (κ3) is 4.28. The standard InChI is InChI=1S/C13H15N3O3S3/c1-4-8(11(18)19-3)21-13-16-15-12(22-13)14-10(17)9-5-7(2)6-20-9/h5-6,8H,4H2,1-3H3,(H,14,15,17)/t8-/m0/s1. The first kappa shape index (κ1) is 16.9. The molecule has 0 fully saturated rings. The van der Waals surface area contributed by atoms with Crippen molar-refractivity contribution in [2.45, 2.75) is 29.9 Å². The van der Waals surface area contributed by atoms with Gasteiger partial charge in [0, 0.05) is 0 Å². The van der Waals surface area contributed by atoms with E-state index in [1.807, 2.05) is 25.3 Å².